The third-order valence-corrected chi connectivity index (χ3v) is 3.28. The third-order valence-electron chi connectivity index (χ3n) is 2.47. The summed E-state index contributed by atoms with van der Waals surface area (Å²) < 4.78 is 3.19. The molecule has 2 heterocycles. The van der Waals surface area contributed by atoms with Crippen LogP contribution in [0.4, 0.5) is 0 Å². The molecule has 0 saturated heterocycles. The van der Waals surface area contributed by atoms with Crippen LogP contribution in [0.1, 0.15) is 18.3 Å². The Kier molecular flexibility index (Phi) is 3.07. The Balaban J connectivity index is 2.67. The van der Waals surface area contributed by atoms with Crippen LogP contribution in [0.25, 0.3) is 5.65 Å². The first-order valence-electron chi connectivity index (χ1n) is 5.12. The van der Waals surface area contributed by atoms with Gasteiger partial charge in [-0.15, -0.1) is 0 Å². The predicted molar refractivity (Wildman–Crippen MR) is 65.0 cm³/mol. The summed E-state index contributed by atoms with van der Waals surface area (Å²) in [5.74, 6) is 0. The van der Waals surface area contributed by atoms with Crippen molar-refractivity contribution >= 4 is 21.6 Å². The lowest BCUT2D eigenvalue weighted by atomic mass is 10.2. The Morgan fingerprint density at radius 3 is 2.93 bits per heavy atom. The number of imidazole rings is 1. The molecule has 0 amide bonds. The molecule has 3 nitrogen and oxygen atoms in total. The van der Waals surface area contributed by atoms with Crippen LogP contribution in [0.5, 0.6) is 0 Å². The van der Waals surface area contributed by atoms with Crippen LogP contribution in [0, 0.1) is 0 Å². The minimum Gasteiger partial charge on any atom is -0.330 e. The van der Waals surface area contributed by atoms with Gasteiger partial charge in [-0.2, -0.15) is 0 Å². The van der Waals surface area contributed by atoms with Crippen molar-refractivity contribution in [2.75, 3.05) is 6.54 Å². The number of hydrogen-bond donors (Lipinski definition) is 1. The summed E-state index contributed by atoms with van der Waals surface area (Å²) in [5, 5.41) is 0. The van der Waals surface area contributed by atoms with Crippen molar-refractivity contribution < 1.29 is 0 Å². The minimum absolute atomic E-state index is 0.658. The number of nitrogens with zero attached hydrogens (tertiary/aromatic N) is 2. The van der Waals surface area contributed by atoms with Gasteiger partial charge in [0.15, 0.2) is 0 Å². The molecule has 0 aromatic carbocycles. The molecular formula is C11H14BrN3. The summed E-state index contributed by atoms with van der Waals surface area (Å²) in [6, 6.07) is 6.13. The average molecular weight is 268 g/mol. The SMILES string of the molecule is CCc1nc2cccc(CCN)n2c1Br. The van der Waals surface area contributed by atoms with Crippen molar-refractivity contribution in [3.8, 4) is 0 Å². The molecule has 0 unspecified atom stereocenters. The largest absolute Gasteiger partial charge is 0.330 e. The molecule has 2 N–H and O–H groups in total. The van der Waals surface area contributed by atoms with Crippen LogP contribution in [-0.4, -0.2) is 15.9 Å². The van der Waals surface area contributed by atoms with Gasteiger partial charge in [0.2, 0.25) is 0 Å². The number of pyridine rings is 1. The number of halogens is 1. The van der Waals surface area contributed by atoms with Gasteiger partial charge in [0, 0.05) is 12.1 Å². The maximum Gasteiger partial charge on any atom is 0.138 e. The van der Waals surface area contributed by atoms with E-state index in [9.17, 15) is 0 Å². The van der Waals surface area contributed by atoms with Gasteiger partial charge in [-0.1, -0.05) is 13.0 Å². The standard InChI is InChI=1S/C11H14BrN3/c1-2-9-11(12)15-8(6-7-13)4-3-5-10(15)14-9/h3-5H,2,6-7,13H2,1H3. The average Bonchev–Trinajstić information content (AvgIpc) is 2.57. The molecule has 0 fully saturated rings. The first-order valence-corrected chi connectivity index (χ1v) is 5.92. The quantitative estimate of drug-likeness (QED) is 0.927. The molecular weight excluding hydrogens is 254 g/mol. The molecule has 0 atom stereocenters. The highest BCUT2D eigenvalue weighted by molar-refractivity contribution is 9.10. The van der Waals surface area contributed by atoms with E-state index in [2.05, 4.69) is 38.3 Å². The number of hydrogen-bond acceptors (Lipinski definition) is 2. The Morgan fingerprint density at radius 1 is 1.47 bits per heavy atom. The van der Waals surface area contributed by atoms with E-state index in [1.165, 1.54) is 5.69 Å². The van der Waals surface area contributed by atoms with Crippen LogP contribution in [0.3, 0.4) is 0 Å². The zero-order chi connectivity index (χ0) is 10.8. The highest BCUT2D eigenvalue weighted by atomic mass is 79.9. The summed E-state index contributed by atoms with van der Waals surface area (Å²) in [6.45, 7) is 2.76. The Morgan fingerprint density at radius 2 is 2.27 bits per heavy atom. The number of nitrogens with two attached hydrogens (primary N) is 1. The van der Waals surface area contributed by atoms with Crippen molar-refractivity contribution in [3.05, 3.63) is 34.2 Å². The third kappa shape index (κ3) is 1.79. The maximum absolute atomic E-state index is 5.59. The predicted octanol–water partition coefficient (Wildman–Crippen LogP) is 2.16. The van der Waals surface area contributed by atoms with Gasteiger partial charge in [-0.3, -0.25) is 4.40 Å². The highest BCUT2D eigenvalue weighted by Crippen LogP contribution is 2.21. The molecule has 0 aliphatic heterocycles. The lowest BCUT2D eigenvalue weighted by Gasteiger charge is -2.04. The van der Waals surface area contributed by atoms with Gasteiger partial charge in [-0.05, 0) is 41.0 Å². The second kappa shape index (κ2) is 4.33. The lowest BCUT2D eigenvalue weighted by Crippen LogP contribution is -2.06. The first-order chi connectivity index (χ1) is 7.27. The minimum atomic E-state index is 0.658. The molecule has 4 heteroatoms. The Bertz CT molecular complexity index is 476. The molecule has 0 bridgehead atoms. The molecule has 0 aliphatic rings. The molecule has 0 aliphatic carbocycles. The van der Waals surface area contributed by atoms with Crippen molar-refractivity contribution in [1.82, 2.24) is 9.38 Å². The fourth-order valence-corrected chi connectivity index (χ4v) is 2.52. The zero-order valence-corrected chi connectivity index (χ0v) is 10.3. The monoisotopic (exact) mass is 267 g/mol. The number of rotatable bonds is 3. The van der Waals surface area contributed by atoms with Gasteiger partial charge in [0.05, 0.1) is 5.69 Å². The summed E-state index contributed by atoms with van der Waals surface area (Å²) in [6.07, 6.45) is 1.81. The highest BCUT2D eigenvalue weighted by Gasteiger charge is 2.10. The zero-order valence-electron chi connectivity index (χ0n) is 8.70. The molecule has 2 rings (SSSR count). The summed E-state index contributed by atoms with van der Waals surface area (Å²) in [7, 11) is 0. The van der Waals surface area contributed by atoms with E-state index in [0.29, 0.717) is 6.54 Å². The van der Waals surface area contributed by atoms with Crippen LogP contribution < -0.4 is 5.73 Å². The van der Waals surface area contributed by atoms with Gasteiger partial charge in [-0.25, -0.2) is 4.98 Å². The van der Waals surface area contributed by atoms with E-state index in [-0.39, 0.29) is 0 Å². The van der Waals surface area contributed by atoms with Gasteiger partial charge < -0.3 is 5.73 Å². The molecule has 2 aromatic rings. The fraction of sp³-hybridized carbons (Fsp3) is 0.364. The van der Waals surface area contributed by atoms with Gasteiger partial charge in [0.1, 0.15) is 10.3 Å². The molecule has 15 heavy (non-hydrogen) atoms. The molecule has 0 saturated carbocycles. The van der Waals surface area contributed by atoms with Crippen molar-refractivity contribution in [1.29, 1.82) is 0 Å². The van der Waals surface area contributed by atoms with Gasteiger partial charge in [0.25, 0.3) is 0 Å². The van der Waals surface area contributed by atoms with Crippen LogP contribution in [0.15, 0.2) is 22.8 Å². The Labute approximate surface area is 97.4 Å². The first kappa shape index (κ1) is 10.6. The molecule has 0 radical (unpaired) electrons. The van der Waals surface area contributed by atoms with E-state index < -0.39 is 0 Å². The van der Waals surface area contributed by atoms with E-state index in [4.69, 9.17) is 5.73 Å². The second-order valence-electron chi connectivity index (χ2n) is 3.45. The van der Waals surface area contributed by atoms with E-state index in [1.54, 1.807) is 0 Å². The smallest absolute Gasteiger partial charge is 0.138 e. The number of aryl methyl sites for hydroxylation is 1. The number of aromatic nitrogens is 2. The normalized spacial score (nSPS) is 11.1. The molecule has 80 valence electrons. The lowest BCUT2D eigenvalue weighted by molar-refractivity contribution is 0.886. The summed E-state index contributed by atoms with van der Waals surface area (Å²) in [5.41, 5.74) is 8.88. The summed E-state index contributed by atoms with van der Waals surface area (Å²) in [4.78, 5) is 4.55. The van der Waals surface area contributed by atoms with Crippen LogP contribution in [-0.2, 0) is 12.8 Å². The van der Waals surface area contributed by atoms with E-state index in [1.807, 2.05) is 12.1 Å². The number of fused-ring (bicyclic) bond motifs is 1. The van der Waals surface area contributed by atoms with E-state index >= 15 is 0 Å². The second-order valence-corrected chi connectivity index (χ2v) is 4.20. The van der Waals surface area contributed by atoms with Crippen LogP contribution in [0.2, 0.25) is 0 Å². The Hall–Kier alpha value is -0.870. The maximum atomic E-state index is 5.59. The molecule has 0 spiro atoms. The topological polar surface area (TPSA) is 43.3 Å². The van der Waals surface area contributed by atoms with Crippen LogP contribution >= 0.6 is 15.9 Å². The fourth-order valence-electron chi connectivity index (χ4n) is 1.74. The molecule has 2 aromatic heterocycles. The summed E-state index contributed by atoms with van der Waals surface area (Å²) >= 11 is 3.59. The van der Waals surface area contributed by atoms with Crippen molar-refractivity contribution in [2.45, 2.75) is 19.8 Å². The van der Waals surface area contributed by atoms with Crippen molar-refractivity contribution in [3.63, 3.8) is 0 Å². The van der Waals surface area contributed by atoms with E-state index in [0.717, 1.165) is 28.8 Å². The van der Waals surface area contributed by atoms with Crippen molar-refractivity contribution in [2.24, 2.45) is 5.73 Å². The van der Waals surface area contributed by atoms with Gasteiger partial charge >= 0.3 is 0 Å².